The van der Waals surface area contributed by atoms with Crippen LogP contribution in [-0.4, -0.2) is 49.7 Å². The molecule has 1 unspecified atom stereocenters. The molecule has 2 fully saturated rings. The summed E-state index contributed by atoms with van der Waals surface area (Å²) in [5, 5.41) is 3.60. The highest BCUT2D eigenvalue weighted by molar-refractivity contribution is 5.76. The number of nitrogens with zero attached hydrogens (tertiary/aromatic N) is 1. The standard InChI is InChI=1S/C11H20N2O2/c1-13-7-8(3-4-11(13)14)12-9-5-10(6-9)15-2/h8-10,12H,3-7H2,1-2H3. The molecule has 0 aromatic carbocycles. The molecule has 2 aliphatic rings. The van der Waals surface area contributed by atoms with Gasteiger partial charge in [-0.2, -0.15) is 0 Å². The van der Waals surface area contributed by atoms with Crippen molar-refractivity contribution in [1.29, 1.82) is 0 Å². The smallest absolute Gasteiger partial charge is 0.222 e. The zero-order valence-corrected chi connectivity index (χ0v) is 9.53. The van der Waals surface area contributed by atoms with Crippen LogP contribution in [0.3, 0.4) is 0 Å². The van der Waals surface area contributed by atoms with Gasteiger partial charge in [0.1, 0.15) is 0 Å². The molecule has 4 heteroatoms. The maximum atomic E-state index is 11.3. The Labute approximate surface area is 91.0 Å². The molecule has 1 saturated heterocycles. The molecule has 86 valence electrons. The first-order chi connectivity index (χ1) is 7.19. The molecular weight excluding hydrogens is 192 g/mol. The van der Waals surface area contributed by atoms with Gasteiger partial charge in [0.25, 0.3) is 0 Å². The van der Waals surface area contributed by atoms with E-state index in [1.165, 1.54) is 0 Å². The van der Waals surface area contributed by atoms with E-state index in [4.69, 9.17) is 4.74 Å². The van der Waals surface area contributed by atoms with Crippen LogP contribution in [0.5, 0.6) is 0 Å². The second kappa shape index (κ2) is 4.49. The molecule has 1 saturated carbocycles. The van der Waals surface area contributed by atoms with Gasteiger partial charge in [-0.15, -0.1) is 0 Å². The van der Waals surface area contributed by atoms with E-state index in [1.807, 2.05) is 11.9 Å². The maximum absolute atomic E-state index is 11.3. The van der Waals surface area contributed by atoms with E-state index in [9.17, 15) is 4.79 Å². The van der Waals surface area contributed by atoms with Crippen molar-refractivity contribution in [2.75, 3.05) is 20.7 Å². The first-order valence-corrected chi connectivity index (χ1v) is 5.72. The lowest BCUT2D eigenvalue weighted by molar-refractivity contribution is -0.132. The number of ether oxygens (including phenoxy) is 1. The summed E-state index contributed by atoms with van der Waals surface area (Å²) in [6.45, 7) is 0.854. The van der Waals surface area contributed by atoms with Crippen molar-refractivity contribution in [2.24, 2.45) is 0 Å². The molecule has 0 bridgehead atoms. The number of piperidine rings is 1. The Morgan fingerprint density at radius 3 is 2.73 bits per heavy atom. The van der Waals surface area contributed by atoms with Crippen LogP contribution in [0.1, 0.15) is 25.7 Å². The van der Waals surface area contributed by atoms with Gasteiger partial charge in [-0.3, -0.25) is 4.79 Å². The first kappa shape index (κ1) is 10.9. The van der Waals surface area contributed by atoms with E-state index in [0.717, 1.165) is 25.8 Å². The fourth-order valence-corrected chi connectivity index (χ4v) is 2.38. The molecule has 0 spiro atoms. The third kappa shape index (κ3) is 2.49. The summed E-state index contributed by atoms with van der Waals surface area (Å²) in [7, 11) is 3.66. The van der Waals surface area contributed by atoms with Gasteiger partial charge in [0.2, 0.25) is 5.91 Å². The molecular formula is C11H20N2O2. The minimum Gasteiger partial charge on any atom is -0.381 e. The summed E-state index contributed by atoms with van der Waals surface area (Å²) in [6, 6.07) is 1.08. The monoisotopic (exact) mass is 212 g/mol. The fourth-order valence-electron chi connectivity index (χ4n) is 2.38. The van der Waals surface area contributed by atoms with E-state index < -0.39 is 0 Å². The second-order valence-corrected chi connectivity index (χ2v) is 4.70. The fraction of sp³-hybridized carbons (Fsp3) is 0.909. The van der Waals surface area contributed by atoms with Gasteiger partial charge in [-0.25, -0.2) is 0 Å². The zero-order valence-electron chi connectivity index (χ0n) is 9.53. The molecule has 1 amide bonds. The average Bonchev–Trinajstić information content (AvgIpc) is 2.16. The average molecular weight is 212 g/mol. The molecule has 0 radical (unpaired) electrons. The highest BCUT2D eigenvalue weighted by Gasteiger charge is 2.32. The number of nitrogens with one attached hydrogen (secondary N) is 1. The number of carbonyl (C=O) groups is 1. The van der Waals surface area contributed by atoms with Crippen molar-refractivity contribution < 1.29 is 9.53 Å². The normalized spacial score (nSPS) is 36.5. The lowest BCUT2D eigenvalue weighted by atomic mass is 9.88. The number of hydrogen-bond acceptors (Lipinski definition) is 3. The third-order valence-electron chi connectivity index (χ3n) is 3.53. The minimum absolute atomic E-state index is 0.274. The molecule has 1 aliphatic heterocycles. The molecule has 15 heavy (non-hydrogen) atoms. The predicted octanol–water partition coefficient (Wildman–Crippen LogP) is 0.374. The molecule has 4 nitrogen and oxygen atoms in total. The predicted molar refractivity (Wildman–Crippen MR) is 57.6 cm³/mol. The lowest BCUT2D eigenvalue weighted by Gasteiger charge is -2.39. The Balaban J connectivity index is 1.70. The molecule has 2 rings (SSSR count). The van der Waals surface area contributed by atoms with Crippen LogP contribution >= 0.6 is 0 Å². The summed E-state index contributed by atoms with van der Waals surface area (Å²) < 4.78 is 5.24. The van der Waals surface area contributed by atoms with Gasteiger partial charge in [-0.1, -0.05) is 0 Å². The van der Waals surface area contributed by atoms with Gasteiger partial charge in [0.15, 0.2) is 0 Å². The van der Waals surface area contributed by atoms with Gasteiger partial charge >= 0.3 is 0 Å². The highest BCUT2D eigenvalue weighted by Crippen LogP contribution is 2.24. The second-order valence-electron chi connectivity index (χ2n) is 4.70. The number of likely N-dealkylation sites (N-methyl/N-ethyl adjacent to an activating group) is 1. The Morgan fingerprint density at radius 1 is 1.40 bits per heavy atom. The number of rotatable bonds is 3. The van der Waals surface area contributed by atoms with Gasteiger partial charge in [-0.05, 0) is 19.3 Å². The van der Waals surface area contributed by atoms with Crippen LogP contribution in [0.15, 0.2) is 0 Å². The summed E-state index contributed by atoms with van der Waals surface area (Å²) in [5.74, 6) is 0.274. The van der Waals surface area contributed by atoms with Crippen LogP contribution in [0.2, 0.25) is 0 Å². The summed E-state index contributed by atoms with van der Waals surface area (Å²) in [6.07, 6.45) is 4.35. The van der Waals surface area contributed by atoms with Crippen LogP contribution in [-0.2, 0) is 9.53 Å². The summed E-state index contributed by atoms with van der Waals surface area (Å²) >= 11 is 0. The van der Waals surface area contributed by atoms with Crippen molar-refractivity contribution in [2.45, 2.75) is 43.9 Å². The van der Waals surface area contributed by atoms with E-state index in [0.29, 0.717) is 24.6 Å². The van der Waals surface area contributed by atoms with Gasteiger partial charge < -0.3 is 15.0 Å². The minimum atomic E-state index is 0.274. The highest BCUT2D eigenvalue weighted by atomic mass is 16.5. The number of likely N-dealkylation sites (tertiary alicyclic amines) is 1. The van der Waals surface area contributed by atoms with E-state index in [1.54, 1.807) is 7.11 Å². The van der Waals surface area contributed by atoms with Crippen molar-refractivity contribution in [3.05, 3.63) is 0 Å². The summed E-state index contributed by atoms with van der Waals surface area (Å²) in [5.41, 5.74) is 0. The van der Waals surface area contributed by atoms with Crippen molar-refractivity contribution in [1.82, 2.24) is 10.2 Å². The quantitative estimate of drug-likeness (QED) is 0.735. The molecule has 1 heterocycles. The number of amides is 1. The van der Waals surface area contributed by atoms with Crippen LogP contribution < -0.4 is 5.32 Å². The molecule has 1 aliphatic carbocycles. The molecule has 1 N–H and O–H groups in total. The van der Waals surface area contributed by atoms with Crippen LogP contribution in [0.25, 0.3) is 0 Å². The summed E-state index contributed by atoms with van der Waals surface area (Å²) in [4.78, 5) is 13.1. The topological polar surface area (TPSA) is 41.6 Å². The molecule has 0 aromatic rings. The molecule has 0 aromatic heterocycles. The van der Waals surface area contributed by atoms with Crippen LogP contribution in [0.4, 0.5) is 0 Å². The number of hydrogen-bond donors (Lipinski definition) is 1. The van der Waals surface area contributed by atoms with Crippen molar-refractivity contribution >= 4 is 5.91 Å². The van der Waals surface area contributed by atoms with E-state index >= 15 is 0 Å². The van der Waals surface area contributed by atoms with E-state index in [-0.39, 0.29) is 5.91 Å². The van der Waals surface area contributed by atoms with Crippen molar-refractivity contribution in [3.63, 3.8) is 0 Å². The Hall–Kier alpha value is -0.610. The SMILES string of the molecule is COC1CC(NC2CCC(=O)N(C)C2)C1. The zero-order chi connectivity index (χ0) is 10.8. The van der Waals surface area contributed by atoms with Crippen LogP contribution in [0, 0.1) is 0 Å². The Morgan fingerprint density at radius 2 is 2.13 bits per heavy atom. The van der Waals surface area contributed by atoms with Gasteiger partial charge in [0.05, 0.1) is 6.10 Å². The number of carbonyl (C=O) groups excluding carboxylic acids is 1. The maximum Gasteiger partial charge on any atom is 0.222 e. The molecule has 1 atom stereocenters. The van der Waals surface area contributed by atoms with Crippen molar-refractivity contribution in [3.8, 4) is 0 Å². The lowest BCUT2D eigenvalue weighted by Crippen LogP contribution is -2.54. The van der Waals surface area contributed by atoms with Gasteiger partial charge in [0, 0.05) is 39.2 Å². The Kier molecular flexibility index (Phi) is 3.26. The third-order valence-corrected chi connectivity index (χ3v) is 3.53. The largest absolute Gasteiger partial charge is 0.381 e. The van der Waals surface area contributed by atoms with E-state index in [2.05, 4.69) is 5.32 Å². The Bertz CT molecular complexity index is 239. The first-order valence-electron chi connectivity index (χ1n) is 5.72. The number of methoxy groups -OCH3 is 1.